The number of nitrogens with two attached hydrogens (primary N) is 1. The Morgan fingerprint density at radius 3 is 2.50 bits per heavy atom. The molecule has 3 unspecified atom stereocenters. The molecule has 4 N–H and O–H groups in total. The van der Waals surface area contributed by atoms with Crippen molar-refractivity contribution < 1.29 is 29.3 Å². The summed E-state index contributed by atoms with van der Waals surface area (Å²) < 4.78 is 5.13. The van der Waals surface area contributed by atoms with Crippen LogP contribution in [-0.4, -0.2) is 64.8 Å². The second-order valence-electron chi connectivity index (χ2n) is 4.71. The van der Waals surface area contributed by atoms with Crippen LogP contribution in [0, 0.1) is 5.92 Å². The first-order chi connectivity index (χ1) is 9.38. The lowest BCUT2D eigenvalue weighted by molar-refractivity contribution is -0.145. The molecule has 0 aliphatic carbocycles. The zero-order valence-electron chi connectivity index (χ0n) is 11.3. The fourth-order valence-corrected chi connectivity index (χ4v) is 2.26. The van der Waals surface area contributed by atoms with E-state index in [0.29, 0.717) is 6.54 Å². The predicted molar refractivity (Wildman–Crippen MR) is 68.0 cm³/mol. The fourth-order valence-electron chi connectivity index (χ4n) is 2.26. The lowest BCUT2D eigenvalue weighted by atomic mass is 10.0. The van der Waals surface area contributed by atoms with Crippen molar-refractivity contribution in [3.8, 4) is 0 Å². The summed E-state index contributed by atoms with van der Waals surface area (Å²) in [5.41, 5.74) is 5.69. The van der Waals surface area contributed by atoms with E-state index in [1.54, 1.807) is 6.92 Å². The van der Waals surface area contributed by atoms with Crippen molar-refractivity contribution in [2.45, 2.75) is 31.8 Å². The number of amides is 1. The van der Waals surface area contributed by atoms with Crippen LogP contribution in [-0.2, 0) is 19.1 Å². The Kier molecular flexibility index (Phi) is 5.90. The van der Waals surface area contributed by atoms with E-state index in [0.717, 1.165) is 0 Å². The first kappa shape index (κ1) is 16.4. The first-order valence-corrected chi connectivity index (χ1v) is 6.46. The highest BCUT2D eigenvalue weighted by atomic mass is 16.5. The number of carboxylic acid groups (broad SMARTS) is 2. The number of carboxylic acids is 2. The van der Waals surface area contributed by atoms with Crippen LogP contribution in [0.4, 0.5) is 0 Å². The Balaban J connectivity index is 2.71. The molecular formula is C12H20N2O6. The van der Waals surface area contributed by atoms with Gasteiger partial charge in [0.1, 0.15) is 5.92 Å². The van der Waals surface area contributed by atoms with Gasteiger partial charge in [-0.25, -0.2) is 0 Å². The molecule has 1 aliphatic heterocycles. The van der Waals surface area contributed by atoms with Crippen molar-refractivity contribution in [1.29, 1.82) is 0 Å². The van der Waals surface area contributed by atoms with Gasteiger partial charge < -0.3 is 25.6 Å². The number of hydrogen-bond acceptors (Lipinski definition) is 5. The number of carbonyl (C=O) groups is 3. The molecule has 0 saturated carbocycles. The number of likely N-dealkylation sites (N-methyl/N-ethyl adjacent to an activating group) is 1. The summed E-state index contributed by atoms with van der Waals surface area (Å²) in [6, 6.07) is -1.50. The van der Waals surface area contributed by atoms with Gasteiger partial charge in [-0.2, -0.15) is 0 Å². The van der Waals surface area contributed by atoms with E-state index in [9.17, 15) is 14.4 Å². The molecule has 114 valence electrons. The van der Waals surface area contributed by atoms with Gasteiger partial charge in [0.15, 0.2) is 0 Å². The molecule has 1 saturated heterocycles. The number of hydrogen-bond donors (Lipinski definition) is 3. The van der Waals surface area contributed by atoms with Crippen LogP contribution in [0.1, 0.15) is 19.8 Å². The number of aliphatic carboxylic acids is 2. The summed E-state index contributed by atoms with van der Waals surface area (Å²) in [7, 11) is 0. The van der Waals surface area contributed by atoms with Crippen LogP contribution >= 0.6 is 0 Å². The van der Waals surface area contributed by atoms with E-state index in [4.69, 9.17) is 20.7 Å². The fraction of sp³-hybridized carbons (Fsp3) is 0.750. The van der Waals surface area contributed by atoms with Gasteiger partial charge in [0.2, 0.25) is 5.91 Å². The highest BCUT2D eigenvalue weighted by Crippen LogP contribution is 2.21. The van der Waals surface area contributed by atoms with Crippen molar-refractivity contribution in [3.05, 3.63) is 0 Å². The number of nitrogens with zero attached hydrogens (tertiary/aromatic N) is 1. The molecule has 1 fully saturated rings. The maximum atomic E-state index is 12.2. The molecular weight excluding hydrogens is 268 g/mol. The van der Waals surface area contributed by atoms with Gasteiger partial charge in [-0.05, 0) is 13.3 Å². The minimum Gasteiger partial charge on any atom is -0.481 e. The maximum Gasteiger partial charge on any atom is 0.311 e. The van der Waals surface area contributed by atoms with E-state index in [-0.39, 0.29) is 26.1 Å². The molecule has 0 aromatic rings. The van der Waals surface area contributed by atoms with E-state index >= 15 is 0 Å². The highest BCUT2D eigenvalue weighted by molar-refractivity contribution is 5.83. The van der Waals surface area contributed by atoms with Gasteiger partial charge >= 0.3 is 11.9 Å². The Morgan fingerprint density at radius 1 is 1.35 bits per heavy atom. The van der Waals surface area contributed by atoms with Gasteiger partial charge in [-0.1, -0.05) is 0 Å². The van der Waals surface area contributed by atoms with Gasteiger partial charge in [0, 0.05) is 13.0 Å². The van der Waals surface area contributed by atoms with Crippen molar-refractivity contribution in [2.75, 3.05) is 19.8 Å². The van der Waals surface area contributed by atoms with Crippen molar-refractivity contribution in [2.24, 2.45) is 11.7 Å². The smallest absolute Gasteiger partial charge is 0.311 e. The quantitative estimate of drug-likeness (QED) is 0.555. The molecule has 20 heavy (non-hydrogen) atoms. The molecule has 3 atom stereocenters. The predicted octanol–water partition coefficient (Wildman–Crippen LogP) is -0.873. The van der Waals surface area contributed by atoms with Crippen molar-refractivity contribution >= 4 is 17.8 Å². The van der Waals surface area contributed by atoms with Crippen molar-refractivity contribution in [3.63, 3.8) is 0 Å². The van der Waals surface area contributed by atoms with Crippen molar-refractivity contribution in [1.82, 2.24) is 4.90 Å². The average Bonchev–Trinajstić information content (AvgIpc) is 2.85. The third kappa shape index (κ3) is 3.91. The molecule has 0 bridgehead atoms. The van der Waals surface area contributed by atoms with Crippen LogP contribution in [0.15, 0.2) is 0 Å². The topological polar surface area (TPSA) is 130 Å². The average molecular weight is 288 g/mol. The Labute approximate surface area is 116 Å². The summed E-state index contributed by atoms with van der Waals surface area (Å²) in [4.78, 5) is 35.2. The molecule has 0 aromatic heterocycles. The monoisotopic (exact) mass is 288 g/mol. The summed E-state index contributed by atoms with van der Waals surface area (Å²) in [5, 5.41) is 17.7. The number of rotatable bonds is 7. The Morgan fingerprint density at radius 2 is 2.00 bits per heavy atom. The minimum atomic E-state index is -1.02. The maximum absolute atomic E-state index is 12.2. The summed E-state index contributed by atoms with van der Waals surface area (Å²) in [6.07, 6.45) is -0.177. The van der Waals surface area contributed by atoms with E-state index in [1.165, 1.54) is 4.90 Å². The molecule has 1 rings (SSSR count). The molecule has 0 radical (unpaired) electrons. The molecule has 8 heteroatoms. The number of carbonyl (C=O) groups excluding carboxylic acids is 1. The van der Waals surface area contributed by atoms with Gasteiger partial charge in [0.05, 0.1) is 25.3 Å². The third-order valence-electron chi connectivity index (χ3n) is 3.38. The van der Waals surface area contributed by atoms with Crippen LogP contribution in [0.5, 0.6) is 0 Å². The zero-order chi connectivity index (χ0) is 15.3. The second-order valence-corrected chi connectivity index (χ2v) is 4.71. The molecule has 8 nitrogen and oxygen atoms in total. The van der Waals surface area contributed by atoms with E-state index in [2.05, 4.69) is 0 Å². The third-order valence-corrected chi connectivity index (χ3v) is 3.38. The number of ether oxygens (including phenoxy) is 1. The minimum absolute atomic E-state index is 0.0238. The van der Waals surface area contributed by atoms with Crippen LogP contribution in [0.2, 0.25) is 0 Å². The Hall–Kier alpha value is -1.67. The molecule has 0 spiro atoms. The molecule has 0 aromatic carbocycles. The second kappa shape index (κ2) is 7.20. The SMILES string of the molecule is CCN(C(=O)C(N)CCC(=O)O)C1COCC1C(=O)O. The van der Waals surface area contributed by atoms with Gasteiger partial charge in [0.25, 0.3) is 0 Å². The van der Waals surface area contributed by atoms with Crippen LogP contribution in [0.25, 0.3) is 0 Å². The van der Waals surface area contributed by atoms with E-state index < -0.39 is 35.8 Å². The first-order valence-electron chi connectivity index (χ1n) is 6.46. The van der Waals surface area contributed by atoms with Gasteiger partial charge in [-0.3, -0.25) is 14.4 Å². The molecule has 1 aliphatic rings. The highest BCUT2D eigenvalue weighted by Gasteiger charge is 2.40. The normalized spacial score (nSPS) is 23.3. The Bertz CT molecular complexity index is 386. The summed E-state index contributed by atoms with van der Waals surface area (Å²) >= 11 is 0. The summed E-state index contributed by atoms with van der Waals surface area (Å²) in [6.45, 7) is 2.24. The summed E-state index contributed by atoms with van der Waals surface area (Å²) in [5.74, 6) is -3.25. The van der Waals surface area contributed by atoms with Crippen LogP contribution < -0.4 is 5.73 Å². The standard InChI is InChI=1S/C12H20N2O6/c1-2-14(9-6-20-5-7(9)12(18)19)11(17)8(13)3-4-10(15)16/h7-9H,2-6,13H2,1H3,(H,15,16)(H,18,19). The van der Waals surface area contributed by atoms with Crippen LogP contribution in [0.3, 0.4) is 0 Å². The lowest BCUT2D eigenvalue weighted by Crippen LogP contribution is -2.52. The zero-order valence-corrected chi connectivity index (χ0v) is 11.3. The molecule has 1 heterocycles. The van der Waals surface area contributed by atoms with Gasteiger partial charge in [-0.15, -0.1) is 0 Å². The molecule has 1 amide bonds. The largest absolute Gasteiger partial charge is 0.481 e. The lowest BCUT2D eigenvalue weighted by Gasteiger charge is -2.31. The van der Waals surface area contributed by atoms with E-state index in [1.807, 2.05) is 0 Å².